The number of rotatable bonds is 2. The molecule has 1 N–H and O–H groups in total. The summed E-state index contributed by atoms with van der Waals surface area (Å²) in [7, 11) is 0. The van der Waals surface area contributed by atoms with Crippen molar-refractivity contribution in [2.45, 2.75) is 31.6 Å². The summed E-state index contributed by atoms with van der Waals surface area (Å²) in [5.41, 5.74) is 0.114. The van der Waals surface area contributed by atoms with E-state index in [1.807, 2.05) is 19.1 Å². The van der Waals surface area contributed by atoms with Crippen molar-refractivity contribution >= 4 is 17.6 Å². The van der Waals surface area contributed by atoms with Gasteiger partial charge < -0.3 is 5.11 Å². The van der Waals surface area contributed by atoms with Crippen molar-refractivity contribution in [3.8, 4) is 0 Å². The lowest BCUT2D eigenvalue weighted by atomic mass is 9.73. The first-order valence-electron chi connectivity index (χ1n) is 5.57. The molecule has 0 aromatic heterocycles. The average molecular weight is 239 g/mol. The maximum atomic E-state index is 11.6. The van der Waals surface area contributed by atoms with Gasteiger partial charge in [-0.1, -0.05) is 37.1 Å². The topological polar surface area (TPSA) is 37.3 Å². The number of hydrogen-bond acceptors (Lipinski definition) is 1. The summed E-state index contributed by atoms with van der Waals surface area (Å²) >= 11 is 5.94. The molecule has 3 heteroatoms. The monoisotopic (exact) mass is 238 g/mol. The van der Waals surface area contributed by atoms with Gasteiger partial charge in [0.25, 0.3) is 0 Å². The maximum Gasteiger partial charge on any atom is 0.314 e. The van der Waals surface area contributed by atoms with E-state index >= 15 is 0 Å². The molecule has 2 rings (SSSR count). The molecule has 16 heavy (non-hydrogen) atoms. The van der Waals surface area contributed by atoms with Crippen LogP contribution >= 0.6 is 11.6 Å². The Morgan fingerprint density at radius 3 is 2.81 bits per heavy atom. The molecule has 0 saturated heterocycles. The van der Waals surface area contributed by atoms with Gasteiger partial charge in [-0.15, -0.1) is 0 Å². The highest BCUT2D eigenvalue weighted by Crippen LogP contribution is 2.46. The summed E-state index contributed by atoms with van der Waals surface area (Å²) in [6.45, 7) is 2.02. The number of hydrogen-bond donors (Lipinski definition) is 1. The molecule has 0 bridgehead atoms. The van der Waals surface area contributed by atoms with Gasteiger partial charge in [0.2, 0.25) is 0 Å². The number of aliphatic carboxylic acids is 1. The van der Waals surface area contributed by atoms with Crippen LogP contribution in [0.15, 0.2) is 24.3 Å². The van der Waals surface area contributed by atoms with Crippen LogP contribution in [0.25, 0.3) is 0 Å². The molecular weight excluding hydrogens is 224 g/mol. The van der Waals surface area contributed by atoms with Crippen LogP contribution in [0, 0.1) is 5.92 Å². The molecule has 1 fully saturated rings. The summed E-state index contributed by atoms with van der Waals surface area (Å²) in [5.74, 6) is -0.553. The van der Waals surface area contributed by atoms with Gasteiger partial charge in [-0.05, 0) is 36.5 Å². The van der Waals surface area contributed by atoms with E-state index in [1.165, 1.54) is 0 Å². The van der Waals surface area contributed by atoms with Crippen molar-refractivity contribution in [1.29, 1.82) is 0 Å². The molecule has 1 aliphatic rings. The second kappa shape index (κ2) is 4.10. The highest BCUT2D eigenvalue weighted by Gasteiger charge is 2.48. The third-order valence-electron chi connectivity index (χ3n) is 3.77. The molecule has 0 aliphatic heterocycles. The van der Waals surface area contributed by atoms with Crippen LogP contribution in [-0.2, 0) is 10.2 Å². The molecule has 0 spiro atoms. The normalized spacial score (nSPS) is 29.2. The smallest absolute Gasteiger partial charge is 0.314 e. The van der Waals surface area contributed by atoms with Gasteiger partial charge >= 0.3 is 5.97 Å². The predicted molar refractivity (Wildman–Crippen MR) is 63.8 cm³/mol. The Morgan fingerprint density at radius 1 is 1.56 bits per heavy atom. The van der Waals surface area contributed by atoms with Crippen molar-refractivity contribution in [2.24, 2.45) is 5.92 Å². The van der Waals surface area contributed by atoms with Gasteiger partial charge in [-0.2, -0.15) is 0 Å². The van der Waals surface area contributed by atoms with E-state index in [4.69, 9.17) is 11.6 Å². The summed E-state index contributed by atoms with van der Waals surface area (Å²) < 4.78 is 0. The van der Waals surface area contributed by atoms with Gasteiger partial charge in [0.1, 0.15) is 0 Å². The average Bonchev–Trinajstić information content (AvgIpc) is 2.61. The SMILES string of the molecule is CC1CCCC1(C(=O)O)c1cccc(Cl)c1. The number of carboxylic acid groups (broad SMARTS) is 1. The van der Waals surface area contributed by atoms with E-state index in [-0.39, 0.29) is 5.92 Å². The Kier molecular flexibility index (Phi) is 2.94. The highest BCUT2D eigenvalue weighted by molar-refractivity contribution is 6.30. The van der Waals surface area contributed by atoms with E-state index in [0.717, 1.165) is 18.4 Å². The van der Waals surface area contributed by atoms with E-state index in [9.17, 15) is 9.90 Å². The van der Waals surface area contributed by atoms with Crippen LogP contribution in [0.1, 0.15) is 31.7 Å². The summed E-state index contributed by atoms with van der Waals surface area (Å²) in [6.07, 6.45) is 2.66. The second-order valence-electron chi connectivity index (χ2n) is 4.58. The molecule has 2 nitrogen and oxygen atoms in total. The zero-order valence-corrected chi connectivity index (χ0v) is 10.00. The quantitative estimate of drug-likeness (QED) is 0.857. The minimum atomic E-state index is -0.731. The number of carbonyl (C=O) groups is 1. The predicted octanol–water partition coefficient (Wildman–Crippen LogP) is 3.48. The lowest BCUT2D eigenvalue weighted by molar-refractivity contribution is -0.145. The third kappa shape index (κ3) is 1.61. The highest BCUT2D eigenvalue weighted by atomic mass is 35.5. The van der Waals surface area contributed by atoms with Gasteiger partial charge in [0.05, 0.1) is 5.41 Å². The zero-order valence-electron chi connectivity index (χ0n) is 9.24. The molecule has 86 valence electrons. The fourth-order valence-corrected chi connectivity index (χ4v) is 3.01. The second-order valence-corrected chi connectivity index (χ2v) is 5.02. The number of benzene rings is 1. The largest absolute Gasteiger partial charge is 0.481 e. The molecule has 2 atom stereocenters. The first-order valence-corrected chi connectivity index (χ1v) is 5.94. The van der Waals surface area contributed by atoms with Crippen molar-refractivity contribution in [3.63, 3.8) is 0 Å². The van der Waals surface area contributed by atoms with Crippen molar-refractivity contribution in [1.82, 2.24) is 0 Å². The lowest BCUT2D eigenvalue weighted by Gasteiger charge is -2.29. The van der Waals surface area contributed by atoms with Gasteiger partial charge in [-0.25, -0.2) is 0 Å². The Labute approximate surface area is 100 Å². The van der Waals surface area contributed by atoms with Crippen LogP contribution in [0.4, 0.5) is 0 Å². The van der Waals surface area contributed by atoms with Crippen molar-refractivity contribution in [3.05, 3.63) is 34.9 Å². The Morgan fingerprint density at radius 2 is 2.31 bits per heavy atom. The fourth-order valence-electron chi connectivity index (χ4n) is 2.82. The Hall–Kier alpha value is -1.02. The molecule has 0 radical (unpaired) electrons. The summed E-state index contributed by atoms with van der Waals surface area (Å²) in [6, 6.07) is 7.27. The zero-order chi connectivity index (χ0) is 11.8. The minimum Gasteiger partial charge on any atom is -0.481 e. The van der Waals surface area contributed by atoms with E-state index in [2.05, 4.69) is 0 Å². The van der Waals surface area contributed by atoms with Crippen LogP contribution in [-0.4, -0.2) is 11.1 Å². The van der Waals surface area contributed by atoms with E-state index < -0.39 is 11.4 Å². The van der Waals surface area contributed by atoms with Crippen molar-refractivity contribution < 1.29 is 9.90 Å². The number of halogens is 1. The molecular formula is C13H15ClO2. The van der Waals surface area contributed by atoms with Crippen LogP contribution < -0.4 is 0 Å². The first kappa shape index (κ1) is 11.5. The molecule has 1 aromatic carbocycles. The van der Waals surface area contributed by atoms with Crippen molar-refractivity contribution in [2.75, 3.05) is 0 Å². The first-order chi connectivity index (χ1) is 7.57. The van der Waals surface area contributed by atoms with Gasteiger partial charge in [-0.3, -0.25) is 4.79 Å². The molecule has 0 heterocycles. The molecule has 1 aliphatic carbocycles. The van der Waals surface area contributed by atoms with Gasteiger partial charge in [0, 0.05) is 5.02 Å². The standard InChI is InChI=1S/C13H15ClO2/c1-9-4-3-7-13(9,12(15)16)10-5-2-6-11(14)8-10/h2,5-6,8-9H,3-4,7H2,1H3,(H,15,16). The maximum absolute atomic E-state index is 11.6. The lowest BCUT2D eigenvalue weighted by Crippen LogP contribution is -2.38. The molecule has 2 unspecified atom stereocenters. The van der Waals surface area contributed by atoms with Crippen LogP contribution in [0.5, 0.6) is 0 Å². The number of carboxylic acids is 1. The van der Waals surface area contributed by atoms with Crippen LogP contribution in [0.3, 0.4) is 0 Å². The minimum absolute atomic E-state index is 0.170. The summed E-state index contributed by atoms with van der Waals surface area (Å²) in [5, 5.41) is 10.1. The molecule has 1 saturated carbocycles. The summed E-state index contributed by atoms with van der Waals surface area (Å²) in [4.78, 5) is 11.6. The fraction of sp³-hybridized carbons (Fsp3) is 0.462. The Balaban J connectivity index is 2.52. The third-order valence-corrected chi connectivity index (χ3v) is 4.01. The van der Waals surface area contributed by atoms with Gasteiger partial charge in [0.15, 0.2) is 0 Å². The van der Waals surface area contributed by atoms with E-state index in [0.29, 0.717) is 11.4 Å². The Bertz CT molecular complexity index is 416. The molecule has 1 aromatic rings. The van der Waals surface area contributed by atoms with Crippen LogP contribution in [0.2, 0.25) is 5.02 Å². The molecule has 0 amide bonds. The van der Waals surface area contributed by atoms with E-state index in [1.54, 1.807) is 12.1 Å².